The Labute approximate surface area is 191 Å². The number of carbonyl (C=O) groups is 2. The van der Waals surface area contributed by atoms with Crippen molar-refractivity contribution >= 4 is 34.1 Å². The number of nitrogens with zero attached hydrogens (tertiary/aromatic N) is 4. The number of hydrogen-bond acceptors (Lipinski definition) is 5. The molecule has 8 nitrogen and oxygen atoms in total. The van der Waals surface area contributed by atoms with Crippen molar-refractivity contribution < 1.29 is 9.59 Å². The number of amides is 2. The lowest BCUT2D eigenvalue weighted by Gasteiger charge is -2.15. The molecule has 0 aliphatic carbocycles. The van der Waals surface area contributed by atoms with Gasteiger partial charge in [0.1, 0.15) is 11.5 Å². The molecule has 5 rings (SSSR count). The lowest BCUT2D eigenvalue weighted by Crippen LogP contribution is -2.27. The minimum atomic E-state index is -0.298. The second-order valence-electron chi connectivity index (χ2n) is 8.22. The first kappa shape index (κ1) is 20.7. The van der Waals surface area contributed by atoms with Crippen LogP contribution < -0.4 is 11.1 Å². The largest absolute Gasteiger partial charge is 0.383 e. The minimum absolute atomic E-state index is 0.0316. The number of nitrogens with one attached hydrogen (secondary N) is 1. The number of nitrogen functional groups attached to an aromatic ring is 1. The van der Waals surface area contributed by atoms with Crippen molar-refractivity contribution in [3.05, 3.63) is 77.7 Å². The van der Waals surface area contributed by atoms with Gasteiger partial charge in [-0.1, -0.05) is 6.07 Å². The first-order chi connectivity index (χ1) is 16.0. The minimum Gasteiger partial charge on any atom is -0.383 e. The Morgan fingerprint density at radius 3 is 2.52 bits per heavy atom. The summed E-state index contributed by atoms with van der Waals surface area (Å²) in [5.74, 6) is 0.158. The third kappa shape index (κ3) is 4.03. The lowest BCUT2D eigenvalue weighted by atomic mass is 10.1. The van der Waals surface area contributed by atoms with Crippen LogP contribution in [0.1, 0.15) is 39.4 Å². The number of aryl methyl sites for hydroxylation is 1. The topological polar surface area (TPSA) is 106 Å². The van der Waals surface area contributed by atoms with E-state index in [0.717, 1.165) is 36.7 Å². The van der Waals surface area contributed by atoms with Crippen LogP contribution in [-0.4, -0.2) is 44.6 Å². The zero-order valence-corrected chi connectivity index (χ0v) is 18.3. The van der Waals surface area contributed by atoms with E-state index in [9.17, 15) is 9.59 Å². The summed E-state index contributed by atoms with van der Waals surface area (Å²) in [6, 6.07) is 16.3. The van der Waals surface area contributed by atoms with Gasteiger partial charge >= 0.3 is 0 Å². The molecule has 0 bridgehead atoms. The second-order valence-corrected chi connectivity index (χ2v) is 8.22. The van der Waals surface area contributed by atoms with Crippen LogP contribution in [-0.2, 0) is 0 Å². The molecular formula is C25H24N6O2. The molecule has 3 N–H and O–H groups in total. The van der Waals surface area contributed by atoms with E-state index in [1.807, 2.05) is 36.1 Å². The van der Waals surface area contributed by atoms with Crippen LogP contribution in [0.4, 0.5) is 11.5 Å². The second kappa shape index (κ2) is 8.38. The molecule has 1 saturated heterocycles. The monoisotopic (exact) mass is 440 g/mol. The van der Waals surface area contributed by atoms with Crippen LogP contribution >= 0.6 is 0 Å². The van der Waals surface area contributed by atoms with Crippen LogP contribution in [0.25, 0.3) is 16.5 Å². The third-order valence-electron chi connectivity index (χ3n) is 5.87. The number of carbonyl (C=O) groups excluding carboxylic acids is 2. The van der Waals surface area contributed by atoms with E-state index < -0.39 is 0 Å². The van der Waals surface area contributed by atoms with Gasteiger partial charge in [0.2, 0.25) is 0 Å². The molecule has 2 aromatic heterocycles. The Morgan fingerprint density at radius 2 is 1.76 bits per heavy atom. The van der Waals surface area contributed by atoms with Gasteiger partial charge in [0.25, 0.3) is 11.8 Å². The van der Waals surface area contributed by atoms with Crippen molar-refractivity contribution in [2.45, 2.75) is 19.8 Å². The summed E-state index contributed by atoms with van der Waals surface area (Å²) in [6.45, 7) is 3.44. The first-order valence-electron chi connectivity index (χ1n) is 10.9. The van der Waals surface area contributed by atoms with Crippen molar-refractivity contribution in [2.75, 3.05) is 24.1 Å². The van der Waals surface area contributed by atoms with Crippen LogP contribution in [0.15, 0.2) is 60.8 Å². The van der Waals surface area contributed by atoms with Gasteiger partial charge < -0.3 is 16.0 Å². The Bertz CT molecular complexity index is 1350. The number of anilines is 2. The fourth-order valence-electron chi connectivity index (χ4n) is 4.16. The van der Waals surface area contributed by atoms with E-state index in [1.165, 1.54) is 0 Å². The maximum absolute atomic E-state index is 13.1. The molecule has 0 atom stereocenters. The molecule has 0 unspecified atom stereocenters. The van der Waals surface area contributed by atoms with E-state index >= 15 is 0 Å². The average molecular weight is 441 g/mol. The van der Waals surface area contributed by atoms with Crippen LogP contribution in [0.5, 0.6) is 0 Å². The van der Waals surface area contributed by atoms with Gasteiger partial charge in [-0.2, -0.15) is 5.10 Å². The predicted octanol–water partition coefficient (Wildman–Crippen LogP) is 3.80. The molecule has 4 aromatic rings. The van der Waals surface area contributed by atoms with Gasteiger partial charge in [-0.05, 0) is 73.7 Å². The standard InChI is InChI=1S/C25H24N6O2/c1-16-14-22(31(29-16)20-9-6-17-10-11-27-23(26)21(17)15-20)24(32)28-19-7-4-18(5-8-19)25(33)30-12-2-3-13-30/h4-11,14-15H,2-3,12-13H2,1H3,(H2,26,27)(H,28,32). The fourth-order valence-corrected chi connectivity index (χ4v) is 4.16. The highest BCUT2D eigenvalue weighted by atomic mass is 16.2. The molecule has 8 heteroatoms. The molecular weight excluding hydrogens is 416 g/mol. The molecule has 1 fully saturated rings. The number of pyridine rings is 1. The SMILES string of the molecule is Cc1cc(C(=O)Nc2ccc(C(=O)N3CCCC3)cc2)n(-c2ccc3ccnc(N)c3c2)n1. The Balaban J connectivity index is 1.39. The number of nitrogens with two attached hydrogens (primary N) is 1. The number of hydrogen-bond donors (Lipinski definition) is 2. The highest BCUT2D eigenvalue weighted by molar-refractivity contribution is 6.04. The van der Waals surface area contributed by atoms with E-state index in [4.69, 9.17) is 5.73 Å². The van der Waals surface area contributed by atoms with Gasteiger partial charge in [0, 0.05) is 35.9 Å². The van der Waals surface area contributed by atoms with E-state index in [0.29, 0.717) is 34.1 Å². The molecule has 33 heavy (non-hydrogen) atoms. The van der Waals surface area contributed by atoms with Crippen LogP contribution in [0.2, 0.25) is 0 Å². The first-order valence-corrected chi connectivity index (χ1v) is 10.9. The zero-order valence-electron chi connectivity index (χ0n) is 18.3. The Morgan fingerprint density at radius 1 is 1.00 bits per heavy atom. The lowest BCUT2D eigenvalue weighted by molar-refractivity contribution is 0.0792. The third-order valence-corrected chi connectivity index (χ3v) is 5.87. The summed E-state index contributed by atoms with van der Waals surface area (Å²) in [7, 11) is 0. The summed E-state index contributed by atoms with van der Waals surface area (Å²) in [5, 5.41) is 9.17. The van der Waals surface area contributed by atoms with Crippen molar-refractivity contribution in [3.63, 3.8) is 0 Å². The molecule has 0 saturated carbocycles. The highest BCUT2D eigenvalue weighted by Gasteiger charge is 2.20. The van der Waals surface area contributed by atoms with E-state index in [-0.39, 0.29) is 11.8 Å². The van der Waals surface area contributed by atoms with Gasteiger partial charge in [-0.25, -0.2) is 9.67 Å². The molecule has 0 radical (unpaired) electrons. The van der Waals surface area contributed by atoms with Crippen molar-refractivity contribution in [1.82, 2.24) is 19.7 Å². The zero-order chi connectivity index (χ0) is 22.9. The molecule has 3 heterocycles. The Hall–Kier alpha value is -4.20. The maximum Gasteiger partial charge on any atom is 0.274 e. The van der Waals surface area contributed by atoms with Crippen molar-refractivity contribution in [2.24, 2.45) is 0 Å². The number of rotatable bonds is 4. The fraction of sp³-hybridized carbons (Fsp3) is 0.200. The summed E-state index contributed by atoms with van der Waals surface area (Å²) in [6.07, 6.45) is 3.76. The molecule has 0 spiro atoms. The van der Waals surface area contributed by atoms with Crippen molar-refractivity contribution in [3.8, 4) is 5.69 Å². The summed E-state index contributed by atoms with van der Waals surface area (Å²) >= 11 is 0. The summed E-state index contributed by atoms with van der Waals surface area (Å²) in [5.41, 5.74) is 9.09. The molecule has 1 aliphatic heterocycles. The highest BCUT2D eigenvalue weighted by Crippen LogP contribution is 2.24. The average Bonchev–Trinajstić information content (AvgIpc) is 3.49. The normalized spacial score (nSPS) is 13.4. The van der Waals surface area contributed by atoms with Crippen LogP contribution in [0, 0.1) is 6.92 Å². The molecule has 2 amide bonds. The maximum atomic E-state index is 13.1. The number of fused-ring (bicyclic) bond motifs is 1. The molecule has 166 valence electrons. The van der Waals surface area contributed by atoms with E-state index in [1.54, 1.807) is 41.2 Å². The number of aromatic nitrogens is 3. The summed E-state index contributed by atoms with van der Waals surface area (Å²) < 4.78 is 1.60. The predicted molar refractivity (Wildman–Crippen MR) is 128 cm³/mol. The van der Waals surface area contributed by atoms with Crippen molar-refractivity contribution in [1.29, 1.82) is 0 Å². The van der Waals surface area contributed by atoms with Gasteiger partial charge in [0.05, 0.1) is 11.4 Å². The number of likely N-dealkylation sites (tertiary alicyclic amines) is 1. The number of benzene rings is 2. The Kier molecular flexibility index (Phi) is 5.26. The van der Waals surface area contributed by atoms with Crippen LogP contribution in [0.3, 0.4) is 0 Å². The van der Waals surface area contributed by atoms with Gasteiger partial charge in [0.15, 0.2) is 0 Å². The van der Waals surface area contributed by atoms with E-state index in [2.05, 4.69) is 15.4 Å². The summed E-state index contributed by atoms with van der Waals surface area (Å²) in [4.78, 5) is 31.6. The smallest absolute Gasteiger partial charge is 0.274 e. The van der Waals surface area contributed by atoms with Gasteiger partial charge in [-0.3, -0.25) is 9.59 Å². The quantitative estimate of drug-likeness (QED) is 0.502. The van der Waals surface area contributed by atoms with Gasteiger partial charge in [-0.15, -0.1) is 0 Å². The molecule has 2 aromatic carbocycles. The molecule has 1 aliphatic rings.